The van der Waals surface area contributed by atoms with Crippen molar-refractivity contribution in [3.05, 3.63) is 112 Å². The molecule has 0 aliphatic heterocycles. The molecule has 1 aromatic heterocycles. The van der Waals surface area contributed by atoms with Gasteiger partial charge >= 0.3 is 5.97 Å². The molecule has 214 valence electrons. The number of halogens is 1. The van der Waals surface area contributed by atoms with E-state index in [0.717, 1.165) is 66.4 Å². The smallest absolute Gasteiger partial charge is 0.303 e. The van der Waals surface area contributed by atoms with Crippen LogP contribution in [0.15, 0.2) is 78.9 Å². The fraction of sp³-hybridized carbons (Fsp3) is 0.371. The van der Waals surface area contributed by atoms with E-state index in [9.17, 15) is 15.0 Å². The number of carboxylic acids is 1. The van der Waals surface area contributed by atoms with Crippen LogP contribution in [0, 0.1) is 5.41 Å². The lowest BCUT2D eigenvalue weighted by Gasteiger charge is -2.22. The van der Waals surface area contributed by atoms with Gasteiger partial charge in [-0.3, -0.25) is 9.78 Å². The molecule has 4 nitrogen and oxygen atoms in total. The number of benzene rings is 3. The van der Waals surface area contributed by atoms with E-state index >= 15 is 0 Å². The average molecular weight is 588 g/mol. The number of aliphatic carboxylic acids is 1. The Bertz CT molecular complexity index is 1530. The molecule has 1 aliphatic carbocycles. The summed E-state index contributed by atoms with van der Waals surface area (Å²) in [5.41, 5.74) is 5.69. The fourth-order valence-corrected chi connectivity index (χ4v) is 7.36. The Balaban J connectivity index is 1.33. The van der Waals surface area contributed by atoms with Crippen LogP contribution in [0.3, 0.4) is 0 Å². The molecular weight excluding hydrogens is 550 g/mol. The van der Waals surface area contributed by atoms with Crippen LogP contribution in [0.25, 0.3) is 10.9 Å². The van der Waals surface area contributed by atoms with Gasteiger partial charge in [0.1, 0.15) is 0 Å². The van der Waals surface area contributed by atoms with Gasteiger partial charge in [0.05, 0.1) is 17.5 Å². The van der Waals surface area contributed by atoms with Gasteiger partial charge in [-0.1, -0.05) is 72.3 Å². The summed E-state index contributed by atoms with van der Waals surface area (Å²) in [5.74, 6) is 0.127. The van der Waals surface area contributed by atoms with Crippen molar-refractivity contribution >= 4 is 40.2 Å². The number of aromatic nitrogens is 1. The molecule has 1 heterocycles. The van der Waals surface area contributed by atoms with Gasteiger partial charge in [-0.2, -0.15) is 11.8 Å². The predicted molar refractivity (Wildman–Crippen MR) is 170 cm³/mol. The van der Waals surface area contributed by atoms with Crippen molar-refractivity contribution in [2.45, 2.75) is 69.6 Å². The fourth-order valence-electron chi connectivity index (χ4n) is 5.62. The minimum atomic E-state index is -0.858. The van der Waals surface area contributed by atoms with E-state index < -0.39 is 11.6 Å². The van der Waals surface area contributed by atoms with E-state index in [1.165, 1.54) is 16.7 Å². The number of aryl methyl sites for hydroxylation is 2. The number of pyridine rings is 1. The van der Waals surface area contributed by atoms with Gasteiger partial charge in [0, 0.05) is 33.5 Å². The maximum Gasteiger partial charge on any atom is 0.303 e. The monoisotopic (exact) mass is 587 g/mol. The molecule has 1 fully saturated rings. The van der Waals surface area contributed by atoms with Crippen LogP contribution in [-0.2, 0) is 29.7 Å². The first-order chi connectivity index (χ1) is 19.6. The summed E-state index contributed by atoms with van der Waals surface area (Å²) < 4.78 is 0. The van der Waals surface area contributed by atoms with Crippen LogP contribution in [-0.4, -0.2) is 26.9 Å². The van der Waals surface area contributed by atoms with Crippen molar-refractivity contribution in [1.29, 1.82) is 0 Å². The number of thioether (sulfide) groups is 1. The molecule has 4 aromatic rings. The zero-order chi connectivity index (χ0) is 29.0. The minimum absolute atomic E-state index is 0.0788. The number of hydrogen-bond donors (Lipinski definition) is 2. The summed E-state index contributed by atoms with van der Waals surface area (Å²) in [6.07, 6.45) is 5.81. The quantitative estimate of drug-likeness (QED) is 0.164. The molecule has 0 unspecified atom stereocenters. The van der Waals surface area contributed by atoms with Crippen molar-refractivity contribution in [2.75, 3.05) is 5.75 Å². The SMILES string of the molecule is CC(C)(O)c1ccccc1CCCc1cccc([C@@H](Cc2ccc3ccc(Cl)cc3n2)SCC2(CC(=O)O)CC2)c1. The number of nitrogens with zero attached hydrogens (tertiary/aromatic N) is 1. The molecule has 6 heteroatoms. The molecule has 0 amide bonds. The average Bonchev–Trinajstić information content (AvgIpc) is 3.69. The van der Waals surface area contributed by atoms with E-state index in [-0.39, 0.29) is 17.1 Å². The molecule has 1 aliphatic rings. The Morgan fingerprint density at radius 3 is 2.56 bits per heavy atom. The standard InChI is InChI=1S/C35H38ClNO3S/c1-34(2,40)30-12-4-3-9-25(30)10-5-7-24-8-6-11-27(19-24)32(41-23-35(17-18-35)22-33(38)39)21-29-16-14-26-13-15-28(36)20-31(26)37-29/h3-4,6,8-9,11-16,19-20,32,40H,5,7,10,17-18,21-23H2,1-2H3,(H,38,39)/t32-/m1/s1. The van der Waals surface area contributed by atoms with E-state index in [2.05, 4.69) is 42.5 Å². The third-order valence-electron chi connectivity index (χ3n) is 8.09. The summed E-state index contributed by atoms with van der Waals surface area (Å²) in [6.45, 7) is 3.68. The number of hydrogen-bond acceptors (Lipinski definition) is 4. The molecule has 2 N–H and O–H groups in total. The van der Waals surface area contributed by atoms with Gasteiger partial charge in [0.2, 0.25) is 0 Å². The second-order valence-corrected chi connectivity index (χ2v) is 13.7. The van der Waals surface area contributed by atoms with Crippen LogP contribution in [0.1, 0.15) is 72.7 Å². The molecule has 1 atom stereocenters. The third kappa shape index (κ3) is 7.91. The lowest BCUT2D eigenvalue weighted by molar-refractivity contribution is -0.138. The normalized spacial score (nSPS) is 15.1. The zero-order valence-corrected chi connectivity index (χ0v) is 25.3. The number of aliphatic hydroxyl groups is 1. The van der Waals surface area contributed by atoms with E-state index in [0.29, 0.717) is 5.02 Å². The largest absolute Gasteiger partial charge is 0.481 e. The highest BCUT2D eigenvalue weighted by molar-refractivity contribution is 7.99. The van der Waals surface area contributed by atoms with Crippen molar-refractivity contribution in [3.63, 3.8) is 0 Å². The molecule has 0 spiro atoms. The van der Waals surface area contributed by atoms with Gasteiger partial charge in [-0.25, -0.2) is 0 Å². The number of carbonyl (C=O) groups is 1. The zero-order valence-electron chi connectivity index (χ0n) is 23.8. The molecule has 0 saturated heterocycles. The molecule has 41 heavy (non-hydrogen) atoms. The first-order valence-corrected chi connectivity index (χ1v) is 15.8. The second kappa shape index (κ2) is 12.6. The lowest BCUT2D eigenvalue weighted by Crippen LogP contribution is -2.18. The van der Waals surface area contributed by atoms with Gasteiger partial charge in [0.25, 0.3) is 0 Å². The predicted octanol–water partition coefficient (Wildman–Crippen LogP) is 8.56. The van der Waals surface area contributed by atoms with E-state index in [1.54, 1.807) is 0 Å². The number of carboxylic acid groups (broad SMARTS) is 1. The van der Waals surface area contributed by atoms with Crippen molar-refractivity contribution in [2.24, 2.45) is 5.41 Å². The Morgan fingerprint density at radius 1 is 1.02 bits per heavy atom. The summed E-state index contributed by atoms with van der Waals surface area (Å²) in [5, 5.41) is 21.9. The summed E-state index contributed by atoms with van der Waals surface area (Å²) >= 11 is 8.11. The Kier molecular flexibility index (Phi) is 9.08. The van der Waals surface area contributed by atoms with Crippen molar-refractivity contribution < 1.29 is 15.0 Å². The maximum atomic E-state index is 11.5. The molecule has 0 bridgehead atoms. The molecule has 3 aromatic carbocycles. The third-order valence-corrected chi connectivity index (χ3v) is 9.95. The number of rotatable bonds is 13. The number of fused-ring (bicyclic) bond motifs is 1. The van der Waals surface area contributed by atoms with Crippen LogP contribution >= 0.6 is 23.4 Å². The topological polar surface area (TPSA) is 70.4 Å². The van der Waals surface area contributed by atoms with E-state index in [1.807, 2.05) is 62.0 Å². The van der Waals surface area contributed by atoms with Crippen LogP contribution < -0.4 is 0 Å². The Labute approximate surface area is 252 Å². The van der Waals surface area contributed by atoms with Crippen LogP contribution in [0.4, 0.5) is 0 Å². The van der Waals surface area contributed by atoms with Crippen LogP contribution in [0.2, 0.25) is 5.02 Å². The highest BCUT2D eigenvalue weighted by Gasteiger charge is 2.44. The van der Waals surface area contributed by atoms with Gasteiger partial charge in [-0.15, -0.1) is 0 Å². The summed E-state index contributed by atoms with van der Waals surface area (Å²) in [4.78, 5) is 16.4. The van der Waals surface area contributed by atoms with Gasteiger partial charge < -0.3 is 10.2 Å². The van der Waals surface area contributed by atoms with E-state index in [4.69, 9.17) is 16.6 Å². The highest BCUT2D eigenvalue weighted by Crippen LogP contribution is 2.53. The molecular formula is C35H38ClNO3S. The van der Waals surface area contributed by atoms with Crippen LogP contribution in [0.5, 0.6) is 0 Å². The van der Waals surface area contributed by atoms with Gasteiger partial charge in [-0.05, 0) is 91.8 Å². The second-order valence-electron chi connectivity index (χ2n) is 12.0. The summed E-state index contributed by atoms with van der Waals surface area (Å²) in [7, 11) is 0. The first kappa shape index (κ1) is 29.6. The van der Waals surface area contributed by atoms with Crippen molar-refractivity contribution in [1.82, 2.24) is 4.98 Å². The highest BCUT2D eigenvalue weighted by atomic mass is 35.5. The molecule has 0 radical (unpaired) electrons. The Morgan fingerprint density at radius 2 is 1.80 bits per heavy atom. The molecule has 5 rings (SSSR count). The maximum absolute atomic E-state index is 11.5. The first-order valence-electron chi connectivity index (χ1n) is 14.4. The minimum Gasteiger partial charge on any atom is -0.481 e. The Hall–Kier alpha value is -2.86. The molecule has 1 saturated carbocycles. The van der Waals surface area contributed by atoms with Gasteiger partial charge in [0.15, 0.2) is 0 Å². The summed E-state index contributed by atoms with van der Waals surface area (Å²) in [6, 6.07) is 27.0. The lowest BCUT2D eigenvalue weighted by atomic mass is 9.90. The van der Waals surface area contributed by atoms with Crippen molar-refractivity contribution in [3.8, 4) is 0 Å².